The molecule has 0 aliphatic heterocycles. The molecule has 0 amide bonds. The summed E-state index contributed by atoms with van der Waals surface area (Å²) in [6.45, 7) is 10.2. The highest BCUT2D eigenvalue weighted by molar-refractivity contribution is 7.80. The van der Waals surface area contributed by atoms with Crippen LogP contribution in [0, 0.1) is 0 Å². The van der Waals surface area contributed by atoms with Crippen molar-refractivity contribution in [2.75, 3.05) is 5.75 Å². The number of rotatable bonds is 10. The third kappa shape index (κ3) is 11.6. The van der Waals surface area contributed by atoms with Crippen LogP contribution in [0.4, 0.5) is 0 Å². The summed E-state index contributed by atoms with van der Waals surface area (Å²) in [6.07, 6.45) is 15.0. The van der Waals surface area contributed by atoms with E-state index in [-0.39, 0.29) is 0 Å². The zero-order chi connectivity index (χ0) is 12.9. The Morgan fingerprint density at radius 2 is 1.65 bits per heavy atom. The summed E-state index contributed by atoms with van der Waals surface area (Å²) < 4.78 is 0. The Kier molecular flexibility index (Phi) is 11.3. The molecule has 0 aromatic carbocycles. The molecule has 0 radical (unpaired) electrons. The summed E-state index contributed by atoms with van der Waals surface area (Å²) in [5.74, 6) is 0.954. The van der Waals surface area contributed by atoms with Gasteiger partial charge in [-0.25, -0.2) is 0 Å². The van der Waals surface area contributed by atoms with Crippen LogP contribution < -0.4 is 0 Å². The third-order valence-electron chi connectivity index (χ3n) is 2.62. The summed E-state index contributed by atoms with van der Waals surface area (Å²) in [7, 11) is 0. The summed E-state index contributed by atoms with van der Waals surface area (Å²) in [4.78, 5) is 0. The predicted octanol–water partition coefficient (Wildman–Crippen LogP) is 5.50. The van der Waals surface area contributed by atoms with E-state index >= 15 is 0 Å². The van der Waals surface area contributed by atoms with Gasteiger partial charge in [-0.05, 0) is 51.2 Å². The Morgan fingerprint density at radius 1 is 1.00 bits per heavy atom. The van der Waals surface area contributed by atoms with E-state index in [1.54, 1.807) is 0 Å². The van der Waals surface area contributed by atoms with Gasteiger partial charge in [0.1, 0.15) is 0 Å². The van der Waals surface area contributed by atoms with E-state index in [0.717, 1.165) is 44.3 Å². The Hall–Kier alpha value is -0.690. The second kappa shape index (κ2) is 11.8. The molecule has 0 bridgehead atoms. The Labute approximate surface area is 113 Å². The lowest BCUT2D eigenvalue weighted by molar-refractivity contribution is 0.795. The van der Waals surface area contributed by atoms with E-state index in [4.69, 9.17) is 0 Å². The van der Waals surface area contributed by atoms with Gasteiger partial charge >= 0.3 is 0 Å². The molecule has 0 fully saturated rings. The first-order chi connectivity index (χ1) is 8.20. The number of thiol groups is 1. The fourth-order valence-corrected chi connectivity index (χ4v) is 1.66. The maximum atomic E-state index is 4.21. The fourth-order valence-electron chi connectivity index (χ4n) is 1.51. The Bertz CT molecular complexity index is 271. The van der Waals surface area contributed by atoms with Crippen LogP contribution in [-0.2, 0) is 0 Å². The van der Waals surface area contributed by atoms with Crippen molar-refractivity contribution in [2.45, 2.75) is 45.4 Å². The van der Waals surface area contributed by atoms with Crippen LogP contribution in [0.25, 0.3) is 0 Å². The van der Waals surface area contributed by atoms with Crippen LogP contribution in [0.1, 0.15) is 45.4 Å². The van der Waals surface area contributed by atoms with Gasteiger partial charge in [0.25, 0.3) is 0 Å². The molecule has 0 rings (SSSR count). The second-order valence-electron chi connectivity index (χ2n) is 4.32. The summed E-state index contributed by atoms with van der Waals surface area (Å²) in [5, 5.41) is 0. The van der Waals surface area contributed by atoms with Crippen molar-refractivity contribution in [3.8, 4) is 0 Å². The normalized spacial score (nSPS) is 11.4. The molecule has 0 atom stereocenters. The van der Waals surface area contributed by atoms with E-state index in [9.17, 15) is 0 Å². The van der Waals surface area contributed by atoms with Crippen LogP contribution in [0.5, 0.6) is 0 Å². The van der Waals surface area contributed by atoms with Gasteiger partial charge in [-0.2, -0.15) is 12.6 Å². The van der Waals surface area contributed by atoms with Gasteiger partial charge < -0.3 is 0 Å². The SMILES string of the molecule is C=C(CCC=CC=CC)CCC(=C)CCCS. The minimum absolute atomic E-state index is 0.954. The largest absolute Gasteiger partial charge is 0.179 e. The van der Waals surface area contributed by atoms with Crippen molar-refractivity contribution < 1.29 is 0 Å². The predicted molar refractivity (Wildman–Crippen MR) is 83.8 cm³/mol. The van der Waals surface area contributed by atoms with Gasteiger partial charge in [-0.1, -0.05) is 48.6 Å². The average Bonchev–Trinajstić information content (AvgIpc) is 2.33. The molecule has 0 nitrogen and oxygen atoms in total. The highest BCUT2D eigenvalue weighted by atomic mass is 32.1. The van der Waals surface area contributed by atoms with Crippen molar-refractivity contribution in [2.24, 2.45) is 0 Å². The lowest BCUT2D eigenvalue weighted by Crippen LogP contribution is -1.87. The average molecular weight is 250 g/mol. The van der Waals surface area contributed by atoms with Gasteiger partial charge in [-0.3, -0.25) is 0 Å². The van der Waals surface area contributed by atoms with Crippen molar-refractivity contribution in [1.82, 2.24) is 0 Å². The molecule has 96 valence electrons. The molecule has 1 heteroatoms. The molecular formula is C16H26S. The van der Waals surface area contributed by atoms with E-state index in [1.807, 2.05) is 13.0 Å². The Balaban J connectivity index is 3.55. The van der Waals surface area contributed by atoms with Gasteiger partial charge in [0.15, 0.2) is 0 Å². The quantitative estimate of drug-likeness (QED) is 0.295. The summed E-state index contributed by atoms with van der Waals surface area (Å²) in [5.41, 5.74) is 2.67. The molecule has 0 aliphatic rings. The standard InChI is InChI=1S/C16H26S/c1-4-5-6-7-8-10-15(2)12-13-16(3)11-9-14-17/h4-7,17H,2-3,8-14H2,1H3. The van der Waals surface area contributed by atoms with Crippen LogP contribution >= 0.6 is 12.6 Å². The van der Waals surface area contributed by atoms with E-state index < -0.39 is 0 Å². The molecule has 0 heterocycles. The van der Waals surface area contributed by atoms with Gasteiger partial charge in [0, 0.05) is 0 Å². The highest BCUT2D eigenvalue weighted by Gasteiger charge is 1.97. The lowest BCUT2D eigenvalue weighted by Gasteiger charge is -2.06. The summed E-state index contributed by atoms with van der Waals surface area (Å²) in [6, 6.07) is 0. The first-order valence-corrected chi connectivity index (χ1v) is 7.06. The molecule has 17 heavy (non-hydrogen) atoms. The van der Waals surface area contributed by atoms with Crippen LogP contribution in [0.3, 0.4) is 0 Å². The minimum atomic E-state index is 0.954. The maximum Gasteiger partial charge on any atom is -0.00949 e. The number of hydrogen-bond donors (Lipinski definition) is 1. The smallest absolute Gasteiger partial charge is 0.00949 e. The van der Waals surface area contributed by atoms with Crippen molar-refractivity contribution in [1.29, 1.82) is 0 Å². The van der Waals surface area contributed by atoms with E-state index in [0.29, 0.717) is 0 Å². The van der Waals surface area contributed by atoms with Crippen LogP contribution in [0.15, 0.2) is 48.6 Å². The number of allylic oxidation sites excluding steroid dienone is 6. The zero-order valence-corrected chi connectivity index (χ0v) is 12.0. The highest BCUT2D eigenvalue weighted by Crippen LogP contribution is 2.17. The molecule has 0 spiro atoms. The second-order valence-corrected chi connectivity index (χ2v) is 4.77. The van der Waals surface area contributed by atoms with Crippen LogP contribution in [-0.4, -0.2) is 5.75 Å². The molecule has 0 saturated heterocycles. The lowest BCUT2D eigenvalue weighted by atomic mass is 10.0. The maximum absolute atomic E-state index is 4.21. The van der Waals surface area contributed by atoms with E-state index in [1.165, 1.54) is 11.1 Å². The molecule has 0 aromatic heterocycles. The Morgan fingerprint density at radius 3 is 2.24 bits per heavy atom. The van der Waals surface area contributed by atoms with E-state index in [2.05, 4.69) is 44.0 Å². The topological polar surface area (TPSA) is 0 Å². The van der Waals surface area contributed by atoms with Crippen molar-refractivity contribution in [3.05, 3.63) is 48.6 Å². The van der Waals surface area contributed by atoms with Gasteiger partial charge in [0.2, 0.25) is 0 Å². The van der Waals surface area contributed by atoms with Gasteiger partial charge in [-0.15, -0.1) is 0 Å². The summed E-state index contributed by atoms with van der Waals surface area (Å²) >= 11 is 4.21. The third-order valence-corrected chi connectivity index (χ3v) is 2.94. The first kappa shape index (κ1) is 16.3. The molecule has 0 saturated carbocycles. The van der Waals surface area contributed by atoms with Gasteiger partial charge in [0.05, 0.1) is 0 Å². The minimum Gasteiger partial charge on any atom is -0.179 e. The molecular weight excluding hydrogens is 224 g/mol. The molecule has 0 unspecified atom stereocenters. The molecule has 0 N–H and O–H groups in total. The monoisotopic (exact) mass is 250 g/mol. The van der Waals surface area contributed by atoms with Crippen molar-refractivity contribution in [3.63, 3.8) is 0 Å². The van der Waals surface area contributed by atoms with Crippen LogP contribution in [0.2, 0.25) is 0 Å². The molecule has 0 aromatic rings. The fraction of sp³-hybridized carbons (Fsp3) is 0.500. The first-order valence-electron chi connectivity index (χ1n) is 6.42. The number of hydrogen-bond acceptors (Lipinski definition) is 1. The van der Waals surface area contributed by atoms with Crippen molar-refractivity contribution >= 4 is 12.6 Å². The zero-order valence-electron chi connectivity index (χ0n) is 11.1. The molecule has 0 aliphatic carbocycles.